The Bertz CT molecular complexity index is 352. The molecule has 122 valence electrons. The molecule has 1 unspecified atom stereocenters. The zero-order chi connectivity index (χ0) is 15.5. The van der Waals surface area contributed by atoms with Gasteiger partial charge in [-0.05, 0) is 45.7 Å². The number of hydrogen-bond donors (Lipinski definition) is 2. The van der Waals surface area contributed by atoms with Crippen LogP contribution in [0.2, 0.25) is 0 Å². The molecule has 1 aliphatic heterocycles. The molecule has 5 nitrogen and oxygen atoms in total. The van der Waals surface area contributed by atoms with Crippen LogP contribution in [0.3, 0.4) is 0 Å². The maximum Gasteiger partial charge on any atom is 0.227 e. The van der Waals surface area contributed by atoms with E-state index in [2.05, 4.69) is 36.1 Å². The number of carbonyl (C=O) groups excluding carboxylic acids is 1. The quantitative estimate of drug-likeness (QED) is 0.793. The first kappa shape index (κ1) is 16.7. The van der Waals surface area contributed by atoms with Crippen LogP contribution in [0.5, 0.6) is 0 Å². The SMILES string of the molecule is CC1CCC(CN)(C(=O)NCC2CN(C)CCN2C)CC1. The van der Waals surface area contributed by atoms with Gasteiger partial charge in [0.1, 0.15) is 0 Å². The average molecular weight is 296 g/mol. The van der Waals surface area contributed by atoms with Crippen molar-refractivity contribution in [3.05, 3.63) is 0 Å². The fraction of sp³-hybridized carbons (Fsp3) is 0.938. The van der Waals surface area contributed by atoms with E-state index >= 15 is 0 Å². The van der Waals surface area contributed by atoms with Gasteiger partial charge >= 0.3 is 0 Å². The number of amides is 1. The van der Waals surface area contributed by atoms with Crippen LogP contribution in [0, 0.1) is 11.3 Å². The first-order chi connectivity index (χ1) is 9.97. The Morgan fingerprint density at radius 2 is 1.95 bits per heavy atom. The van der Waals surface area contributed by atoms with Crippen molar-refractivity contribution in [3.8, 4) is 0 Å². The van der Waals surface area contributed by atoms with Gasteiger partial charge < -0.3 is 16.0 Å². The van der Waals surface area contributed by atoms with E-state index in [1.54, 1.807) is 0 Å². The van der Waals surface area contributed by atoms with Crippen LogP contribution in [0.25, 0.3) is 0 Å². The normalized spacial score (nSPS) is 35.6. The van der Waals surface area contributed by atoms with Gasteiger partial charge in [0.15, 0.2) is 0 Å². The Labute approximate surface area is 129 Å². The molecule has 2 aliphatic rings. The lowest BCUT2D eigenvalue weighted by Crippen LogP contribution is -2.56. The lowest BCUT2D eigenvalue weighted by Gasteiger charge is -2.40. The summed E-state index contributed by atoms with van der Waals surface area (Å²) in [6.45, 7) is 6.67. The average Bonchev–Trinajstić information content (AvgIpc) is 2.49. The van der Waals surface area contributed by atoms with E-state index in [0.717, 1.165) is 57.8 Å². The molecule has 1 atom stereocenters. The lowest BCUT2D eigenvalue weighted by atomic mass is 9.70. The van der Waals surface area contributed by atoms with Crippen LogP contribution >= 0.6 is 0 Å². The third kappa shape index (κ3) is 3.96. The number of rotatable bonds is 4. The van der Waals surface area contributed by atoms with Crippen LogP contribution in [0.15, 0.2) is 0 Å². The molecule has 0 aromatic heterocycles. The first-order valence-electron chi connectivity index (χ1n) is 8.34. The number of carbonyl (C=O) groups is 1. The molecule has 0 spiro atoms. The fourth-order valence-electron chi connectivity index (χ4n) is 3.56. The number of nitrogens with one attached hydrogen (secondary N) is 1. The predicted octanol–water partition coefficient (Wildman–Crippen LogP) is 0.504. The fourth-order valence-corrected chi connectivity index (χ4v) is 3.56. The highest BCUT2D eigenvalue weighted by atomic mass is 16.2. The van der Waals surface area contributed by atoms with Crippen LogP contribution in [0.4, 0.5) is 0 Å². The summed E-state index contributed by atoms with van der Waals surface area (Å²) >= 11 is 0. The van der Waals surface area contributed by atoms with Gasteiger partial charge in [-0.15, -0.1) is 0 Å². The highest BCUT2D eigenvalue weighted by Gasteiger charge is 2.40. The second-order valence-corrected chi connectivity index (χ2v) is 7.27. The minimum atomic E-state index is -0.314. The zero-order valence-corrected chi connectivity index (χ0v) is 13.9. The highest BCUT2D eigenvalue weighted by Crippen LogP contribution is 2.38. The van der Waals surface area contributed by atoms with Crippen molar-refractivity contribution in [2.75, 3.05) is 46.8 Å². The Kier molecular flexibility index (Phi) is 5.63. The molecule has 2 fully saturated rings. The van der Waals surface area contributed by atoms with Crippen molar-refractivity contribution >= 4 is 5.91 Å². The van der Waals surface area contributed by atoms with E-state index in [1.165, 1.54) is 0 Å². The molecule has 0 aromatic rings. The molecule has 3 N–H and O–H groups in total. The lowest BCUT2D eigenvalue weighted by molar-refractivity contribution is -0.133. The number of nitrogens with two attached hydrogens (primary N) is 1. The second kappa shape index (κ2) is 7.07. The van der Waals surface area contributed by atoms with Crippen LogP contribution < -0.4 is 11.1 Å². The van der Waals surface area contributed by atoms with Gasteiger partial charge in [-0.1, -0.05) is 6.92 Å². The zero-order valence-electron chi connectivity index (χ0n) is 13.9. The Hall–Kier alpha value is -0.650. The van der Waals surface area contributed by atoms with E-state index in [0.29, 0.717) is 12.6 Å². The summed E-state index contributed by atoms with van der Waals surface area (Å²) in [6, 6.07) is 0.407. The molecule has 0 aromatic carbocycles. The van der Waals surface area contributed by atoms with E-state index in [4.69, 9.17) is 5.73 Å². The van der Waals surface area contributed by atoms with Crippen LogP contribution in [-0.4, -0.2) is 68.6 Å². The van der Waals surface area contributed by atoms with Crippen molar-refractivity contribution in [2.24, 2.45) is 17.1 Å². The molecule has 1 amide bonds. The molecule has 1 saturated carbocycles. The van der Waals surface area contributed by atoms with Crippen molar-refractivity contribution in [2.45, 2.75) is 38.6 Å². The first-order valence-corrected chi connectivity index (χ1v) is 8.34. The van der Waals surface area contributed by atoms with Gasteiger partial charge in [0.25, 0.3) is 0 Å². The Morgan fingerprint density at radius 3 is 2.57 bits per heavy atom. The van der Waals surface area contributed by atoms with Crippen molar-refractivity contribution < 1.29 is 4.79 Å². The standard InChI is InChI=1S/C16H32N4O/c1-13-4-6-16(12-17,7-5-13)15(21)18-10-14-11-19(2)8-9-20(14)3/h13-14H,4-12,17H2,1-3H3,(H,18,21). The van der Waals surface area contributed by atoms with Crippen LogP contribution in [-0.2, 0) is 4.79 Å². The molecular formula is C16H32N4O. The molecule has 1 aliphatic carbocycles. The van der Waals surface area contributed by atoms with E-state index in [-0.39, 0.29) is 11.3 Å². The van der Waals surface area contributed by atoms with E-state index in [1.807, 2.05) is 0 Å². The summed E-state index contributed by atoms with van der Waals surface area (Å²) in [5.41, 5.74) is 5.65. The Morgan fingerprint density at radius 1 is 1.29 bits per heavy atom. The maximum atomic E-state index is 12.7. The minimum Gasteiger partial charge on any atom is -0.354 e. The molecular weight excluding hydrogens is 264 g/mol. The minimum absolute atomic E-state index is 0.179. The third-order valence-electron chi connectivity index (χ3n) is 5.58. The summed E-state index contributed by atoms with van der Waals surface area (Å²) < 4.78 is 0. The molecule has 0 bridgehead atoms. The Balaban J connectivity index is 1.88. The molecule has 0 radical (unpaired) electrons. The molecule has 5 heteroatoms. The number of nitrogens with zero attached hydrogens (tertiary/aromatic N) is 2. The maximum absolute atomic E-state index is 12.7. The summed E-state index contributed by atoms with van der Waals surface area (Å²) in [5, 5.41) is 3.19. The smallest absolute Gasteiger partial charge is 0.227 e. The predicted molar refractivity (Wildman–Crippen MR) is 86.0 cm³/mol. The topological polar surface area (TPSA) is 61.6 Å². The number of likely N-dealkylation sites (N-methyl/N-ethyl adjacent to an activating group) is 2. The van der Waals surface area contributed by atoms with Gasteiger partial charge in [0, 0.05) is 38.8 Å². The van der Waals surface area contributed by atoms with Gasteiger partial charge in [0.2, 0.25) is 5.91 Å². The summed E-state index contributed by atoms with van der Waals surface area (Å²) in [5.74, 6) is 0.911. The van der Waals surface area contributed by atoms with Gasteiger partial charge in [-0.2, -0.15) is 0 Å². The van der Waals surface area contributed by atoms with Crippen molar-refractivity contribution in [3.63, 3.8) is 0 Å². The molecule has 1 heterocycles. The monoisotopic (exact) mass is 296 g/mol. The van der Waals surface area contributed by atoms with Crippen molar-refractivity contribution in [1.29, 1.82) is 0 Å². The highest BCUT2D eigenvalue weighted by molar-refractivity contribution is 5.83. The summed E-state index contributed by atoms with van der Waals surface area (Å²) in [4.78, 5) is 17.3. The van der Waals surface area contributed by atoms with E-state index in [9.17, 15) is 4.79 Å². The number of piperazine rings is 1. The van der Waals surface area contributed by atoms with Crippen molar-refractivity contribution in [1.82, 2.24) is 15.1 Å². The van der Waals surface area contributed by atoms with Gasteiger partial charge in [-0.25, -0.2) is 0 Å². The van der Waals surface area contributed by atoms with E-state index < -0.39 is 0 Å². The van der Waals surface area contributed by atoms with Crippen LogP contribution in [0.1, 0.15) is 32.6 Å². The second-order valence-electron chi connectivity index (χ2n) is 7.27. The summed E-state index contributed by atoms with van der Waals surface area (Å²) in [6.07, 6.45) is 4.13. The van der Waals surface area contributed by atoms with Gasteiger partial charge in [0.05, 0.1) is 5.41 Å². The summed E-state index contributed by atoms with van der Waals surface area (Å²) in [7, 11) is 4.29. The third-order valence-corrected chi connectivity index (χ3v) is 5.58. The molecule has 1 saturated heterocycles. The molecule has 21 heavy (non-hydrogen) atoms. The number of hydrogen-bond acceptors (Lipinski definition) is 4. The largest absolute Gasteiger partial charge is 0.354 e. The van der Waals surface area contributed by atoms with Gasteiger partial charge in [-0.3, -0.25) is 9.69 Å². The molecule has 2 rings (SSSR count).